The Morgan fingerprint density at radius 3 is 2.62 bits per heavy atom. The van der Waals surface area contributed by atoms with Gasteiger partial charge in [0.05, 0.1) is 10.9 Å². The van der Waals surface area contributed by atoms with Crippen molar-refractivity contribution in [2.24, 2.45) is 0 Å². The van der Waals surface area contributed by atoms with Crippen molar-refractivity contribution < 1.29 is 9.59 Å². The third-order valence-electron chi connectivity index (χ3n) is 3.63. The van der Waals surface area contributed by atoms with Gasteiger partial charge in [-0.3, -0.25) is 19.7 Å². The van der Waals surface area contributed by atoms with E-state index in [4.69, 9.17) is 0 Å². The van der Waals surface area contributed by atoms with Crippen molar-refractivity contribution in [3.8, 4) is 11.4 Å². The zero-order valence-electron chi connectivity index (χ0n) is 14.3. The van der Waals surface area contributed by atoms with Gasteiger partial charge in [-0.2, -0.15) is 0 Å². The molecule has 2 N–H and O–H groups in total. The van der Waals surface area contributed by atoms with Gasteiger partial charge in [-0.05, 0) is 38.1 Å². The average molecular weight is 367 g/mol. The Bertz CT molecular complexity index is 926. The summed E-state index contributed by atoms with van der Waals surface area (Å²) in [6, 6.07) is 10.6. The highest BCUT2D eigenvalue weighted by molar-refractivity contribution is 8.00. The van der Waals surface area contributed by atoms with Crippen LogP contribution in [-0.4, -0.2) is 37.1 Å². The molecule has 0 spiro atoms. The molecule has 26 heavy (non-hydrogen) atoms. The number of aromatic amines is 1. The van der Waals surface area contributed by atoms with Crippen LogP contribution in [0.3, 0.4) is 0 Å². The Kier molecular flexibility index (Phi) is 5.43. The number of nitrogens with zero attached hydrogens (tertiary/aromatic N) is 3. The normalized spacial score (nSPS) is 11.8. The van der Waals surface area contributed by atoms with Gasteiger partial charge in [-0.15, -0.1) is 5.10 Å². The summed E-state index contributed by atoms with van der Waals surface area (Å²) < 4.78 is 0. The van der Waals surface area contributed by atoms with Crippen LogP contribution in [0.4, 0.5) is 5.69 Å². The number of hydrogen-bond donors (Lipinski definition) is 2. The van der Waals surface area contributed by atoms with Crippen LogP contribution in [0.2, 0.25) is 0 Å². The molecule has 0 aliphatic carbocycles. The van der Waals surface area contributed by atoms with Crippen molar-refractivity contribution in [3.05, 3.63) is 54.4 Å². The van der Waals surface area contributed by atoms with Gasteiger partial charge in [0.2, 0.25) is 11.1 Å². The van der Waals surface area contributed by atoms with E-state index in [0.717, 1.165) is 5.56 Å². The largest absolute Gasteiger partial charge is 0.324 e. The second-order valence-electron chi connectivity index (χ2n) is 5.55. The summed E-state index contributed by atoms with van der Waals surface area (Å²) >= 11 is 1.23. The number of aromatic nitrogens is 4. The maximum absolute atomic E-state index is 12.5. The minimum absolute atomic E-state index is 0.0998. The summed E-state index contributed by atoms with van der Waals surface area (Å²) in [7, 11) is 0. The molecule has 1 atom stereocenters. The number of carbonyl (C=O) groups excluding carboxylic acids is 2. The molecule has 0 radical (unpaired) electrons. The monoisotopic (exact) mass is 367 g/mol. The van der Waals surface area contributed by atoms with Gasteiger partial charge in [-0.1, -0.05) is 23.9 Å². The lowest BCUT2D eigenvalue weighted by atomic mass is 10.1. The number of benzene rings is 1. The number of nitrogens with one attached hydrogen (secondary N) is 2. The Labute approximate surface area is 154 Å². The van der Waals surface area contributed by atoms with E-state index < -0.39 is 5.25 Å². The first kappa shape index (κ1) is 17.8. The van der Waals surface area contributed by atoms with Gasteiger partial charge < -0.3 is 5.32 Å². The molecular weight excluding hydrogens is 350 g/mol. The number of hydrogen-bond acceptors (Lipinski definition) is 6. The molecule has 3 rings (SSSR count). The molecule has 0 saturated carbocycles. The van der Waals surface area contributed by atoms with Gasteiger partial charge in [0, 0.05) is 23.5 Å². The highest BCUT2D eigenvalue weighted by atomic mass is 32.2. The van der Waals surface area contributed by atoms with Gasteiger partial charge in [0.25, 0.3) is 0 Å². The molecule has 0 saturated heterocycles. The second-order valence-corrected chi connectivity index (χ2v) is 6.86. The fourth-order valence-electron chi connectivity index (χ4n) is 2.28. The fraction of sp³-hybridized carbons (Fsp3) is 0.167. The Balaban J connectivity index is 1.67. The number of amides is 1. The first-order valence-corrected chi connectivity index (χ1v) is 8.83. The summed E-state index contributed by atoms with van der Waals surface area (Å²) in [5.74, 6) is 0.292. The van der Waals surface area contributed by atoms with Crippen molar-refractivity contribution in [1.29, 1.82) is 0 Å². The third-order valence-corrected chi connectivity index (χ3v) is 4.60. The van der Waals surface area contributed by atoms with E-state index in [9.17, 15) is 9.59 Å². The molecule has 0 aliphatic heterocycles. The van der Waals surface area contributed by atoms with Crippen LogP contribution in [0.15, 0.2) is 53.9 Å². The lowest BCUT2D eigenvalue weighted by Crippen LogP contribution is -2.23. The van der Waals surface area contributed by atoms with Gasteiger partial charge >= 0.3 is 0 Å². The van der Waals surface area contributed by atoms with E-state index >= 15 is 0 Å². The maximum Gasteiger partial charge on any atom is 0.237 e. The van der Waals surface area contributed by atoms with Crippen LogP contribution in [0.1, 0.15) is 24.2 Å². The van der Waals surface area contributed by atoms with Crippen molar-refractivity contribution in [2.45, 2.75) is 24.3 Å². The molecule has 1 amide bonds. The van der Waals surface area contributed by atoms with E-state index in [0.29, 0.717) is 22.2 Å². The quantitative estimate of drug-likeness (QED) is 0.513. The SMILES string of the molecule is CC(=O)c1ccccc1NC(=O)[C@H](C)Sc1n[nH]c(-c2ccncc2)n1. The maximum atomic E-state index is 12.5. The lowest BCUT2D eigenvalue weighted by Gasteiger charge is -2.12. The fourth-order valence-corrected chi connectivity index (χ4v) is 3.01. The predicted octanol–water partition coefficient (Wildman–Crippen LogP) is 3.19. The van der Waals surface area contributed by atoms with E-state index in [1.807, 2.05) is 12.1 Å². The van der Waals surface area contributed by atoms with Crippen LogP contribution in [0.5, 0.6) is 0 Å². The third kappa shape index (κ3) is 4.15. The van der Waals surface area contributed by atoms with Crippen molar-refractivity contribution in [3.63, 3.8) is 0 Å². The summed E-state index contributed by atoms with van der Waals surface area (Å²) in [5, 5.41) is 9.83. The molecule has 3 aromatic rings. The first-order chi connectivity index (χ1) is 12.5. The highest BCUT2D eigenvalue weighted by Crippen LogP contribution is 2.24. The summed E-state index contributed by atoms with van der Waals surface area (Å²) in [6.07, 6.45) is 3.35. The molecule has 7 nitrogen and oxygen atoms in total. The minimum Gasteiger partial charge on any atom is -0.324 e. The zero-order chi connectivity index (χ0) is 18.5. The Morgan fingerprint density at radius 2 is 1.88 bits per heavy atom. The first-order valence-electron chi connectivity index (χ1n) is 7.95. The molecule has 8 heteroatoms. The molecule has 0 unspecified atom stereocenters. The van der Waals surface area contributed by atoms with Gasteiger partial charge in [0.1, 0.15) is 0 Å². The Morgan fingerprint density at radius 1 is 1.15 bits per heavy atom. The van der Waals surface area contributed by atoms with E-state index in [1.165, 1.54) is 18.7 Å². The number of ketones is 1. The standard InChI is InChI=1S/C18H17N5O2S/c1-11(24)14-5-3-4-6-15(14)20-17(25)12(2)26-18-21-16(22-23-18)13-7-9-19-10-8-13/h3-10,12H,1-2H3,(H,20,25)(H,21,22,23)/t12-/m0/s1. The summed E-state index contributed by atoms with van der Waals surface area (Å²) in [6.45, 7) is 3.23. The molecule has 2 heterocycles. The van der Waals surface area contributed by atoms with E-state index in [2.05, 4.69) is 25.5 Å². The zero-order valence-corrected chi connectivity index (χ0v) is 15.1. The number of pyridine rings is 1. The molecular formula is C18H17N5O2S. The number of para-hydroxylation sites is 1. The van der Waals surface area contributed by atoms with Crippen LogP contribution in [0.25, 0.3) is 11.4 Å². The molecule has 0 aliphatic rings. The number of anilines is 1. The van der Waals surface area contributed by atoms with Crippen molar-refractivity contribution >= 4 is 29.1 Å². The number of thioether (sulfide) groups is 1. The van der Waals surface area contributed by atoms with Gasteiger partial charge in [-0.25, -0.2) is 4.98 Å². The van der Waals surface area contributed by atoms with Crippen LogP contribution < -0.4 is 5.32 Å². The van der Waals surface area contributed by atoms with Crippen LogP contribution >= 0.6 is 11.8 Å². The second kappa shape index (κ2) is 7.92. The number of carbonyl (C=O) groups is 2. The molecule has 0 bridgehead atoms. The van der Waals surface area contributed by atoms with Crippen molar-refractivity contribution in [1.82, 2.24) is 20.2 Å². The average Bonchev–Trinajstić information content (AvgIpc) is 3.11. The minimum atomic E-state index is -0.434. The molecule has 1 aromatic carbocycles. The molecule has 132 valence electrons. The smallest absolute Gasteiger partial charge is 0.237 e. The van der Waals surface area contributed by atoms with Crippen LogP contribution in [-0.2, 0) is 4.79 Å². The summed E-state index contributed by atoms with van der Waals surface area (Å²) in [5.41, 5.74) is 1.85. The predicted molar refractivity (Wildman–Crippen MR) is 100 cm³/mol. The van der Waals surface area contributed by atoms with Crippen molar-refractivity contribution in [2.75, 3.05) is 5.32 Å². The van der Waals surface area contributed by atoms with Gasteiger partial charge in [0.15, 0.2) is 11.6 Å². The van der Waals surface area contributed by atoms with Crippen LogP contribution in [0, 0.1) is 0 Å². The van der Waals surface area contributed by atoms with E-state index in [1.54, 1.807) is 43.6 Å². The molecule has 2 aromatic heterocycles. The Hall–Kier alpha value is -3.00. The summed E-state index contributed by atoms with van der Waals surface area (Å²) in [4.78, 5) is 32.5. The number of Topliss-reactive ketones (excluding diaryl/α,β-unsaturated/α-hetero) is 1. The number of rotatable bonds is 6. The number of H-pyrrole nitrogens is 1. The molecule has 0 fully saturated rings. The van der Waals surface area contributed by atoms with E-state index in [-0.39, 0.29) is 11.7 Å². The highest BCUT2D eigenvalue weighted by Gasteiger charge is 2.19. The topological polar surface area (TPSA) is 101 Å². The lowest BCUT2D eigenvalue weighted by molar-refractivity contribution is -0.115.